The summed E-state index contributed by atoms with van der Waals surface area (Å²) in [6.45, 7) is 4.98. The first kappa shape index (κ1) is 23.9. The molecular weight excluding hydrogens is 434 g/mol. The molecule has 0 aliphatic rings. The Balaban J connectivity index is 1.49. The Morgan fingerprint density at radius 2 is 1.49 bits per heavy atom. The second kappa shape index (κ2) is 11.3. The van der Waals surface area contributed by atoms with Gasteiger partial charge in [-0.25, -0.2) is 0 Å². The van der Waals surface area contributed by atoms with E-state index in [1.165, 1.54) is 0 Å². The Hall–Kier alpha value is -4.25. The molecule has 2 amide bonds. The molecule has 0 saturated heterocycles. The molecule has 0 spiro atoms. The molecule has 5 nitrogen and oxygen atoms in total. The van der Waals surface area contributed by atoms with Gasteiger partial charge in [0.2, 0.25) is 5.91 Å². The molecule has 0 saturated carbocycles. The van der Waals surface area contributed by atoms with Crippen molar-refractivity contribution in [3.63, 3.8) is 0 Å². The molecule has 0 fully saturated rings. The average Bonchev–Trinajstić information content (AvgIpc) is 2.87. The van der Waals surface area contributed by atoms with Crippen LogP contribution in [0.1, 0.15) is 38.2 Å². The van der Waals surface area contributed by atoms with Gasteiger partial charge in [0.25, 0.3) is 5.91 Å². The summed E-state index contributed by atoms with van der Waals surface area (Å²) < 4.78 is 0. The van der Waals surface area contributed by atoms with E-state index in [-0.39, 0.29) is 18.2 Å². The van der Waals surface area contributed by atoms with Gasteiger partial charge in [0.05, 0.1) is 13.0 Å². The summed E-state index contributed by atoms with van der Waals surface area (Å²) in [7, 11) is 0. The first-order valence-electron chi connectivity index (χ1n) is 11.7. The minimum atomic E-state index is -0.0608. The Bertz CT molecular complexity index is 1280. The van der Waals surface area contributed by atoms with Crippen LogP contribution in [-0.2, 0) is 24.3 Å². The summed E-state index contributed by atoms with van der Waals surface area (Å²) in [6, 6.07) is 27.2. The summed E-state index contributed by atoms with van der Waals surface area (Å²) in [4.78, 5) is 31.7. The van der Waals surface area contributed by atoms with Gasteiger partial charge in [-0.15, -0.1) is 0 Å². The van der Waals surface area contributed by atoms with Crippen molar-refractivity contribution in [2.45, 2.75) is 33.4 Å². The number of rotatable bonds is 8. The van der Waals surface area contributed by atoms with Crippen molar-refractivity contribution < 1.29 is 9.59 Å². The largest absolute Gasteiger partial charge is 0.352 e. The molecule has 35 heavy (non-hydrogen) atoms. The predicted octanol–water partition coefficient (Wildman–Crippen LogP) is 5.40. The summed E-state index contributed by atoms with van der Waals surface area (Å²) in [5, 5.41) is 2.94. The lowest BCUT2D eigenvalue weighted by atomic mass is 10.1. The highest BCUT2D eigenvalue weighted by Crippen LogP contribution is 2.22. The number of aromatic nitrogens is 1. The van der Waals surface area contributed by atoms with Crippen molar-refractivity contribution in [1.29, 1.82) is 0 Å². The number of carbonyl (C=O) groups excluding carboxylic acids is 2. The van der Waals surface area contributed by atoms with Crippen molar-refractivity contribution in [2.75, 3.05) is 4.90 Å². The fourth-order valence-corrected chi connectivity index (χ4v) is 3.87. The zero-order chi connectivity index (χ0) is 24.6. The topological polar surface area (TPSA) is 62.3 Å². The molecule has 1 N–H and O–H groups in total. The smallest absolute Gasteiger partial charge is 0.258 e. The van der Waals surface area contributed by atoms with E-state index in [4.69, 9.17) is 0 Å². The molecular formula is C30H29N3O2. The fraction of sp³-hybridized carbons (Fsp3) is 0.167. The third-order valence-electron chi connectivity index (χ3n) is 5.82. The molecule has 4 rings (SSSR count). The quantitative estimate of drug-likeness (QED) is 0.380. The lowest BCUT2D eigenvalue weighted by molar-refractivity contribution is -0.120. The number of hydrogen-bond donors (Lipinski definition) is 1. The minimum absolute atomic E-state index is 0.0538. The van der Waals surface area contributed by atoms with E-state index in [1.807, 2.05) is 92.7 Å². The zero-order valence-corrected chi connectivity index (χ0v) is 20.1. The minimum Gasteiger partial charge on any atom is -0.352 e. The van der Waals surface area contributed by atoms with Gasteiger partial charge < -0.3 is 10.2 Å². The number of benzene rings is 3. The van der Waals surface area contributed by atoms with Crippen LogP contribution in [-0.4, -0.2) is 16.8 Å². The highest BCUT2D eigenvalue weighted by Gasteiger charge is 2.18. The lowest BCUT2D eigenvalue weighted by Crippen LogP contribution is -2.30. The standard InChI is InChI=1S/C30H29N3O2/c1-22-6-10-27(11-7-22)30(35)33(21-26-5-3-4-23(2)18-26)28-12-8-24(9-13-28)19-29(34)32-20-25-14-16-31-17-15-25/h3-18H,19-21H2,1-2H3,(H,32,34). The number of pyridine rings is 1. The van der Waals surface area contributed by atoms with E-state index in [2.05, 4.69) is 16.4 Å². The molecule has 0 unspecified atom stereocenters. The summed E-state index contributed by atoms with van der Waals surface area (Å²) >= 11 is 0. The van der Waals surface area contributed by atoms with Crippen LogP contribution in [0, 0.1) is 13.8 Å². The van der Waals surface area contributed by atoms with Gasteiger partial charge in [-0.3, -0.25) is 14.6 Å². The van der Waals surface area contributed by atoms with Crippen LogP contribution in [0.4, 0.5) is 5.69 Å². The zero-order valence-electron chi connectivity index (χ0n) is 20.1. The van der Waals surface area contributed by atoms with Crippen LogP contribution < -0.4 is 10.2 Å². The van der Waals surface area contributed by atoms with Gasteiger partial charge >= 0.3 is 0 Å². The lowest BCUT2D eigenvalue weighted by Gasteiger charge is -2.24. The SMILES string of the molecule is Cc1ccc(C(=O)N(Cc2cccc(C)c2)c2ccc(CC(=O)NCc3ccncc3)cc2)cc1. The van der Waals surface area contributed by atoms with Gasteiger partial charge in [0, 0.05) is 30.2 Å². The van der Waals surface area contributed by atoms with Gasteiger partial charge in [0.15, 0.2) is 0 Å². The van der Waals surface area contributed by atoms with Crippen molar-refractivity contribution in [1.82, 2.24) is 10.3 Å². The maximum Gasteiger partial charge on any atom is 0.258 e. The fourth-order valence-electron chi connectivity index (χ4n) is 3.87. The molecule has 0 aliphatic carbocycles. The number of nitrogens with zero attached hydrogens (tertiary/aromatic N) is 2. The van der Waals surface area contributed by atoms with Crippen molar-refractivity contribution in [3.05, 3.63) is 131 Å². The molecule has 0 aliphatic heterocycles. The Labute approximate surface area is 206 Å². The molecule has 5 heteroatoms. The van der Waals surface area contributed by atoms with Crippen LogP contribution in [0.15, 0.2) is 97.3 Å². The van der Waals surface area contributed by atoms with E-state index in [1.54, 1.807) is 17.3 Å². The van der Waals surface area contributed by atoms with Crippen molar-refractivity contribution >= 4 is 17.5 Å². The molecule has 4 aromatic rings. The number of amides is 2. The number of nitrogens with one attached hydrogen (secondary N) is 1. The molecule has 0 radical (unpaired) electrons. The highest BCUT2D eigenvalue weighted by molar-refractivity contribution is 6.06. The maximum atomic E-state index is 13.5. The molecule has 3 aromatic carbocycles. The number of anilines is 1. The molecule has 176 valence electrons. The van der Waals surface area contributed by atoms with Crippen LogP contribution in [0.2, 0.25) is 0 Å². The number of aryl methyl sites for hydroxylation is 2. The molecule has 1 aromatic heterocycles. The average molecular weight is 464 g/mol. The van der Waals surface area contributed by atoms with Crippen LogP contribution >= 0.6 is 0 Å². The third kappa shape index (κ3) is 6.64. The maximum absolute atomic E-state index is 13.5. The molecule has 0 bridgehead atoms. The van der Waals surface area contributed by atoms with E-state index >= 15 is 0 Å². The van der Waals surface area contributed by atoms with Crippen LogP contribution in [0.3, 0.4) is 0 Å². The van der Waals surface area contributed by atoms with Gasteiger partial charge in [-0.1, -0.05) is 59.7 Å². The first-order valence-corrected chi connectivity index (χ1v) is 11.7. The Kier molecular flexibility index (Phi) is 7.68. The monoisotopic (exact) mass is 463 g/mol. The summed E-state index contributed by atoms with van der Waals surface area (Å²) in [5.74, 6) is -0.115. The second-order valence-electron chi connectivity index (χ2n) is 8.72. The van der Waals surface area contributed by atoms with Gasteiger partial charge in [-0.2, -0.15) is 0 Å². The van der Waals surface area contributed by atoms with Crippen LogP contribution in [0.25, 0.3) is 0 Å². The Morgan fingerprint density at radius 1 is 0.771 bits per heavy atom. The van der Waals surface area contributed by atoms with Crippen molar-refractivity contribution in [3.8, 4) is 0 Å². The highest BCUT2D eigenvalue weighted by atomic mass is 16.2. The van der Waals surface area contributed by atoms with E-state index in [9.17, 15) is 9.59 Å². The number of hydrogen-bond acceptors (Lipinski definition) is 3. The third-order valence-corrected chi connectivity index (χ3v) is 5.82. The van der Waals surface area contributed by atoms with E-state index < -0.39 is 0 Å². The van der Waals surface area contributed by atoms with Crippen molar-refractivity contribution in [2.24, 2.45) is 0 Å². The first-order chi connectivity index (χ1) is 17.0. The van der Waals surface area contributed by atoms with Gasteiger partial charge in [0.1, 0.15) is 0 Å². The van der Waals surface area contributed by atoms with E-state index in [0.29, 0.717) is 18.7 Å². The summed E-state index contributed by atoms with van der Waals surface area (Å²) in [6.07, 6.45) is 3.69. The predicted molar refractivity (Wildman–Crippen MR) is 139 cm³/mol. The van der Waals surface area contributed by atoms with E-state index in [0.717, 1.165) is 33.5 Å². The number of carbonyl (C=O) groups is 2. The van der Waals surface area contributed by atoms with Gasteiger partial charge in [-0.05, 0) is 66.9 Å². The molecule has 1 heterocycles. The molecule has 0 atom stereocenters. The second-order valence-corrected chi connectivity index (χ2v) is 8.72. The Morgan fingerprint density at radius 3 is 2.17 bits per heavy atom. The van der Waals surface area contributed by atoms with Crippen LogP contribution in [0.5, 0.6) is 0 Å². The normalized spacial score (nSPS) is 10.6. The summed E-state index contributed by atoms with van der Waals surface area (Å²) in [5.41, 5.74) is 6.65.